The number of carbonyl (C=O) groups is 1. The third kappa shape index (κ3) is 3.78. The molecule has 1 atom stereocenters. The van der Waals surface area contributed by atoms with Crippen LogP contribution in [0.4, 0.5) is 5.69 Å². The van der Waals surface area contributed by atoms with Gasteiger partial charge in [0.1, 0.15) is 12.4 Å². The molecule has 158 valence electrons. The summed E-state index contributed by atoms with van der Waals surface area (Å²) in [6.07, 6.45) is 2.81. The molecule has 0 bridgehead atoms. The quantitative estimate of drug-likeness (QED) is 0.414. The normalized spacial score (nSPS) is 17.1. The molecule has 0 unspecified atom stereocenters. The number of fused-ring (bicyclic) bond motifs is 4. The second-order valence-electron chi connectivity index (χ2n) is 8.72. The van der Waals surface area contributed by atoms with Crippen LogP contribution in [0.3, 0.4) is 0 Å². The lowest BCUT2D eigenvalue weighted by Gasteiger charge is -2.23. The van der Waals surface area contributed by atoms with Gasteiger partial charge < -0.3 is 9.64 Å². The molecular formula is C27H26BrNO2. The second kappa shape index (κ2) is 8.16. The van der Waals surface area contributed by atoms with Crippen LogP contribution in [-0.4, -0.2) is 11.9 Å². The minimum atomic E-state index is 0.123. The predicted molar refractivity (Wildman–Crippen MR) is 128 cm³/mol. The number of amides is 1. The number of nitrogens with zero attached hydrogens (tertiary/aromatic N) is 1. The number of halogens is 1. The first-order valence-corrected chi connectivity index (χ1v) is 12.0. The van der Waals surface area contributed by atoms with Crippen molar-refractivity contribution in [3.63, 3.8) is 0 Å². The second-order valence-corrected chi connectivity index (χ2v) is 9.29. The smallest absolute Gasteiger partial charge is 0.258 e. The number of rotatable bonds is 4. The molecule has 2 aliphatic rings. The highest BCUT2D eigenvalue weighted by molar-refractivity contribution is 9.08. The number of carbonyl (C=O) groups excluding carboxylic acids is 1. The van der Waals surface area contributed by atoms with E-state index >= 15 is 0 Å². The van der Waals surface area contributed by atoms with Crippen molar-refractivity contribution in [1.29, 1.82) is 0 Å². The molecule has 1 amide bonds. The molecule has 3 aromatic rings. The summed E-state index contributed by atoms with van der Waals surface area (Å²) in [5, 5.41) is 0.836. The van der Waals surface area contributed by atoms with Crippen LogP contribution in [0.2, 0.25) is 0 Å². The Morgan fingerprint density at radius 1 is 1.03 bits per heavy atom. The summed E-state index contributed by atoms with van der Waals surface area (Å²) in [5.41, 5.74) is 8.93. The number of benzene rings is 3. The molecule has 0 radical (unpaired) electrons. The van der Waals surface area contributed by atoms with Crippen LogP contribution in [-0.2, 0) is 24.8 Å². The summed E-state index contributed by atoms with van der Waals surface area (Å²) in [7, 11) is 0. The Hall–Kier alpha value is -2.59. The van der Waals surface area contributed by atoms with Crippen LogP contribution >= 0.6 is 15.9 Å². The van der Waals surface area contributed by atoms with Crippen LogP contribution < -0.4 is 9.64 Å². The van der Waals surface area contributed by atoms with E-state index in [4.69, 9.17) is 4.74 Å². The summed E-state index contributed by atoms with van der Waals surface area (Å²) in [5.74, 6) is 0.994. The first-order chi connectivity index (χ1) is 15.0. The topological polar surface area (TPSA) is 29.5 Å². The number of hydrogen-bond donors (Lipinski definition) is 0. The molecule has 2 heterocycles. The van der Waals surface area contributed by atoms with Gasteiger partial charge in [0.25, 0.3) is 5.91 Å². The number of hydrogen-bond acceptors (Lipinski definition) is 2. The third-order valence-electron chi connectivity index (χ3n) is 6.41. The molecular weight excluding hydrogens is 450 g/mol. The fourth-order valence-electron chi connectivity index (χ4n) is 4.98. The monoisotopic (exact) mass is 475 g/mol. The number of para-hydroxylation sites is 1. The maximum Gasteiger partial charge on any atom is 0.258 e. The van der Waals surface area contributed by atoms with Gasteiger partial charge in [0.05, 0.1) is 0 Å². The predicted octanol–water partition coefficient (Wildman–Crippen LogP) is 6.30. The number of aryl methyl sites for hydroxylation is 3. The summed E-state index contributed by atoms with van der Waals surface area (Å²) in [4.78, 5) is 15.5. The van der Waals surface area contributed by atoms with Crippen molar-refractivity contribution in [2.45, 2.75) is 51.1 Å². The van der Waals surface area contributed by atoms with Gasteiger partial charge in [-0.15, -0.1) is 0 Å². The molecule has 0 N–H and O–H groups in total. The molecule has 0 saturated heterocycles. The van der Waals surface area contributed by atoms with Crippen molar-refractivity contribution < 1.29 is 9.53 Å². The number of anilines is 1. The molecule has 0 fully saturated rings. The summed E-state index contributed by atoms with van der Waals surface area (Å²) in [6, 6.07) is 19.2. The van der Waals surface area contributed by atoms with Gasteiger partial charge in [-0.05, 0) is 79.1 Å². The Labute approximate surface area is 192 Å². The summed E-state index contributed by atoms with van der Waals surface area (Å²) in [6.45, 7) is 4.67. The van der Waals surface area contributed by atoms with Gasteiger partial charge in [-0.1, -0.05) is 57.9 Å². The number of ether oxygens (including phenoxy) is 1. The van der Waals surface area contributed by atoms with E-state index in [0.717, 1.165) is 58.3 Å². The highest BCUT2D eigenvalue weighted by atomic mass is 79.9. The molecule has 3 aromatic carbocycles. The Kier molecular flexibility index (Phi) is 5.35. The van der Waals surface area contributed by atoms with Crippen molar-refractivity contribution in [3.8, 4) is 5.75 Å². The van der Waals surface area contributed by atoms with E-state index in [1.165, 1.54) is 16.7 Å². The molecule has 4 heteroatoms. The van der Waals surface area contributed by atoms with Crippen LogP contribution in [0, 0.1) is 13.8 Å². The zero-order chi connectivity index (χ0) is 21.5. The van der Waals surface area contributed by atoms with Gasteiger partial charge in [0.15, 0.2) is 0 Å². The lowest BCUT2D eigenvalue weighted by atomic mass is 9.98. The van der Waals surface area contributed by atoms with Crippen molar-refractivity contribution in [3.05, 3.63) is 93.5 Å². The molecule has 5 rings (SSSR count). The molecule has 2 aliphatic heterocycles. The van der Waals surface area contributed by atoms with E-state index in [1.807, 2.05) is 24.0 Å². The Bertz CT molecular complexity index is 1170. The molecule has 0 aromatic heterocycles. The fourth-order valence-corrected chi connectivity index (χ4v) is 5.30. The third-order valence-corrected chi connectivity index (χ3v) is 7.06. The van der Waals surface area contributed by atoms with E-state index in [2.05, 4.69) is 65.3 Å². The highest BCUT2D eigenvalue weighted by Crippen LogP contribution is 2.39. The summed E-state index contributed by atoms with van der Waals surface area (Å²) < 4.78 is 6.23. The molecule has 3 nitrogen and oxygen atoms in total. The highest BCUT2D eigenvalue weighted by Gasteiger charge is 2.37. The van der Waals surface area contributed by atoms with Crippen molar-refractivity contribution in [2.75, 3.05) is 4.90 Å². The van der Waals surface area contributed by atoms with Gasteiger partial charge in [-0.25, -0.2) is 0 Å². The molecule has 0 saturated carbocycles. The molecule has 0 spiro atoms. The first kappa shape index (κ1) is 20.3. The maximum atomic E-state index is 13.5. The standard InChI is InChI=1S/C27H26BrNO2/c1-17-9-19(15-28)12-20(10-17)16-31-26-14-21-7-8-23-13-22-5-3-4-6-25(22)29(23)27(30)24(21)11-18(26)2/h3-6,9-12,14,23H,7-8,13,15-16H2,1-2H3/t23-/m1/s1. The van der Waals surface area contributed by atoms with Gasteiger partial charge >= 0.3 is 0 Å². The lowest BCUT2D eigenvalue weighted by Crippen LogP contribution is -2.36. The van der Waals surface area contributed by atoms with Gasteiger partial charge in [0.2, 0.25) is 0 Å². The zero-order valence-corrected chi connectivity index (χ0v) is 19.5. The van der Waals surface area contributed by atoms with E-state index in [9.17, 15) is 4.79 Å². The Morgan fingerprint density at radius 3 is 2.68 bits per heavy atom. The summed E-state index contributed by atoms with van der Waals surface area (Å²) >= 11 is 3.54. The van der Waals surface area contributed by atoms with Crippen molar-refractivity contribution >= 4 is 27.5 Å². The van der Waals surface area contributed by atoms with Gasteiger partial charge in [-0.2, -0.15) is 0 Å². The van der Waals surface area contributed by atoms with E-state index < -0.39 is 0 Å². The van der Waals surface area contributed by atoms with Crippen LogP contribution in [0.5, 0.6) is 5.75 Å². The fraction of sp³-hybridized carbons (Fsp3) is 0.296. The van der Waals surface area contributed by atoms with Crippen LogP contribution in [0.15, 0.2) is 54.6 Å². The Balaban J connectivity index is 1.42. The SMILES string of the molecule is Cc1cc(CBr)cc(COc2cc3c(cc2C)C(=O)N2c4ccccc4C[C@H]2CC3)c1. The van der Waals surface area contributed by atoms with E-state index in [-0.39, 0.29) is 11.9 Å². The lowest BCUT2D eigenvalue weighted by molar-refractivity contribution is 0.0981. The largest absolute Gasteiger partial charge is 0.489 e. The van der Waals surface area contributed by atoms with Gasteiger partial charge in [-0.3, -0.25) is 4.79 Å². The minimum Gasteiger partial charge on any atom is -0.489 e. The average Bonchev–Trinajstić information content (AvgIpc) is 3.08. The first-order valence-electron chi connectivity index (χ1n) is 10.9. The van der Waals surface area contributed by atoms with E-state index in [1.54, 1.807) is 0 Å². The van der Waals surface area contributed by atoms with Crippen LogP contribution in [0.25, 0.3) is 0 Å². The maximum absolute atomic E-state index is 13.5. The average molecular weight is 476 g/mol. The number of alkyl halides is 1. The molecule has 0 aliphatic carbocycles. The van der Waals surface area contributed by atoms with Crippen molar-refractivity contribution in [1.82, 2.24) is 0 Å². The van der Waals surface area contributed by atoms with Crippen molar-refractivity contribution in [2.24, 2.45) is 0 Å². The Morgan fingerprint density at radius 2 is 1.84 bits per heavy atom. The minimum absolute atomic E-state index is 0.123. The molecule has 31 heavy (non-hydrogen) atoms. The van der Waals surface area contributed by atoms with Crippen LogP contribution in [0.1, 0.15) is 50.2 Å². The van der Waals surface area contributed by atoms with Gasteiger partial charge in [0, 0.05) is 22.6 Å². The van der Waals surface area contributed by atoms with E-state index in [0.29, 0.717) is 6.61 Å². The zero-order valence-electron chi connectivity index (χ0n) is 18.0.